The summed E-state index contributed by atoms with van der Waals surface area (Å²) in [5.74, 6) is 1.45. The second kappa shape index (κ2) is 7.78. The maximum absolute atomic E-state index is 5.74. The lowest BCUT2D eigenvalue weighted by Crippen LogP contribution is -2.12. The molecule has 1 aromatic carbocycles. The summed E-state index contributed by atoms with van der Waals surface area (Å²) in [6.45, 7) is 6.34. The van der Waals surface area contributed by atoms with Crippen LogP contribution in [0.25, 0.3) is 0 Å². The van der Waals surface area contributed by atoms with Crippen molar-refractivity contribution in [1.82, 2.24) is 15.0 Å². The van der Waals surface area contributed by atoms with Crippen LogP contribution in [0.4, 0.5) is 0 Å². The highest BCUT2D eigenvalue weighted by molar-refractivity contribution is 5.20. The molecule has 0 aliphatic heterocycles. The molecule has 0 aliphatic rings. The van der Waals surface area contributed by atoms with Gasteiger partial charge in [-0.05, 0) is 30.9 Å². The molecule has 114 valence electrons. The number of nitrogens with zero attached hydrogens (tertiary/aromatic N) is 3. The van der Waals surface area contributed by atoms with E-state index in [0.29, 0.717) is 19.1 Å². The molecule has 2 rings (SSSR count). The van der Waals surface area contributed by atoms with Crippen molar-refractivity contribution in [3.63, 3.8) is 0 Å². The van der Waals surface area contributed by atoms with E-state index in [1.165, 1.54) is 0 Å². The summed E-state index contributed by atoms with van der Waals surface area (Å²) in [4.78, 5) is 0. The highest BCUT2D eigenvalue weighted by atomic mass is 16.5. The summed E-state index contributed by atoms with van der Waals surface area (Å²) in [6, 6.07) is 9.87. The summed E-state index contributed by atoms with van der Waals surface area (Å²) in [6.07, 6.45) is 1.81. The van der Waals surface area contributed by atoms with E-state index in [1.807, 2.05) is 35.0 Å². The zero-order chi connectivity index (χ0) is 15.1. The van der Waals surface area contributed by atoms with Crippen molar-refractivity contribution in [2.45, 2.75) is 39.8 Å². The van der Waals surface area contributed by atoms with Crippen LogP contribution in [-0.4, -0.2) is 21.6 Å². The Bertz CT molecular complexity index is 536. The minimum absolute atomic E-state index is 0.437. The van der Waals surface area contributed by atoms with Gasteiger partial charge in [0.15, 0.2) is 0 Å². The first kappa shape index (κ1) is 15.5. The molecule has 0 bridgehead atoms. The Morgan fingerprint density at radius 1 is 1.24 bits per heavy atom. The quantitative estimate of drug-likeness (QED) is 0.758. The van der Waals surface area contributed by atoms with Gasteiger partial charge >= 0.3 is 0 Å². The number of ether oxygens (including phenoxy) is 1. The van der Waals surface area contributed by atoms with Gasteiger partial charge in [0, 0.05) is 13.1 Å². The predicted molar refractivity (Wildman–Crippen MR) is 83.0 cm³/mol. The van der Waals surface area contributed by atoms with Crippen LogP contribution in [0.3, 0.4) is 0 Å². The average molecular weight is 288 g/mol. The number of nitrogens with two attached hydrogens (primary N) is 1. The number of rotatable bonds is 8. The molecule has 0 unspecified atom stereocenters. The van der Waals surface area contributed by atoms with E-state index in [0.717, 1.165) is 36.5 Å². The molecule has 0 aliphatic carbocycles. The molecular formula is C16H24N4O. The SMILES string of the molecule is CC(C)Cn1nnc(CN)c1CCCOc1ccccc1. The lowest BCUT2D eigenvalue weighted by atomic mass is 10.1. The minimum Gasteiger partial charge on any atom is -0.494 e. The summed E-state index contributed by atoms with van der Waals surface area (Å²) >= 11 is 0. The smallest absolute Gasteiger partial charge is 0.119 e. The van der Waals surface area contributed by atoms with Gasteiger partial charge in [0.2, 0.25) is 0 Å². The van der Waals surface area contributed by atoms with E-state index in [4.69, 9.17) is 10.5 Å². The van der Waals surface area contributed by atoms with E-state index in [9.17, 15) is 0 Å². The Labute approximate surface area is 126 Å². The number of hydrogen-bond acceptors (Lipinski definition) is 4. The van der Waals surface area contributed by atoms with Crippen LogP contribution >= 0.6 is 0 Å². The number of hydrogen-bond donors (Lipinski definition) is 1. The van der Waals surface area contributed by atoms with Crippen LogP contribution in [0.1, 0.15) is 31.7 Å². The molecule has 1 aromatic heterocycles. The van der Waals surface area contributed by atoms with Crippen molar-refractivity contribution < 1.29 is 4.74 Å². The highest BCUT2D eigenvalue weighted by Crippen LogP contribution is 2.12. The van der Waals surface area contributed by atoms with Crippen LogP contribution in [0.15, 0.2) is 30.3 Å². The van der Waals surface area contributed by atoms with Crippen LogP contribution in [0.5, 0.6) is 5.75 Å². The van der Waals surface area contributed by atoms with Crippen LogP contribution in [-0.2, 0) is 19.5 Å². The Kier molecular flexibility index (Phi) is 5.75. The molecular weight excluding hydrogens is 264 g/mol. The third kappa shape index (κ3) is 4.56. The molecule has 0 radical (unpaired) electrons. The molecule has 0 saturated heterocycles. The fourth-order valence-electron chi connectivity index (χ4n) is 2.24. The fourth-order valence-corrected chi connectivity index (χ4v) is 2.24. The minimum atomic E-state index is 0.437. The number of para-hydroxylation sites is 1. The zero-order valence-electron chi connectivity index (χ0n) is 12.8. The molecule has 0 saturated carbocycles. The van der Waals surface area contributed by atoms with Crippen molar-refractivity contribution in [3.05, 3.63) is 41.7 Å². The average Bonchev–Trinajstić information content (AvgIpc) is 2.86. The summed E-state index contributed by atoms with van der Waals surface area (Å²) in [5.41, 5.74) is 7.78. The summed E-state index contributed by atoms with van der Waals surface area (Å²) in [5, 5.41) is 8.38. The molecule has 2 N–H and O–H groups in total. The van der Waals surface area contributed by atoms with Crippen molar-refractivity contribution >= 4 is 0 Å². The van der Waals surface area contributed by atoms with Gasteiger partial charge in [0.25, 0.3) is 0 Å². The topological polar surface area (TPSA) is 66.0 Å². The first-order valence-corrected chi connectivity index (χ1v) is 7.50. The monoisotopic (exact) mass is 288 g/mol. The second-order valence-corrected chi connectivity index (χ2v) is 5.53. The first-order chi connectivity index (χ1) is 10.2. The summed E-state index contributed by atoms with van der Waals surface area (Å²) in [7, 11) is 0. The maximum Gasteiger partial charge on any atom is 0.119 e. The Morgan fingerprint density at radius 2 is 2.00 bits per heavy atom. The largest absolute Gasteiger partial charge is 0.494 e. The van der Waals surface area contributed by atoms with E-state index in [1.54, 1.807) is 0 Å². The molecule has 1 heterocycles. The van der Waals surface area contributed by atoms with Gasteiger partial charge in [-0.2, -0.15) is 0 Å². The third-order valence-electron chi connectivity index (χ3n) is 3.22. The van der Waals surface area contributed by atoms with Gasteiger partial charge < -0.3 is 10.5 Å². The highest BCUT2D eigenvalue weighted by Gasteiger charge is 2.12. The number of aromatic nitrogens is 3. The van der Waals surface area contributed by atoms with Crippen LogP contribution < -0.4 is 10.5 Å². The molecule has 0 fully saturated rings. The Hall–Kier alpha value is -1.88. The Morgan fingerprint density at radius 3 is 2.67 bits per heavy atom. The van der Waals surface area contributed by atoms with Crippen molar-refractivity contribution in [3.8, 4) is 5.75 Å². The van der Waals surface area contributed by atoms with Gasteiger partial charge in [-0.3, -0.25) is 0 Å². The first-order valence-electron chi connectivity index (χ1n) is 7.50. The standard InChI is InChI=1S/C16H24N4O/c1-13(2)12-20-16(15(11-17)18-19-20)9-6-10-21-14-7-4-3-5-8-14/h3-5,7-8,13H,6,9-12,17H2,1-2H3. The lowest BCUT2D eigenvalue weighted by molar-refractivity contribution is 0.308. The molecule has 0 spiro atoms. The van der Waals surface area contributed by atoms with E-state index < -0.39 is 0 Å². The van der Waals surface area contributed by atoms with Crippen LogP contribution in [0.2, 0.25) is 0 Å². The maximum atomic E-state index is 5.74. The van der Waals surface area contributed by atoms with Crippen molar-refractivity contribution in [1.29, 1.82) is 0 Å². The molecule has 5 nitrogen and oxygen atoms in total. The third-order valence-corrected chi connectivity index (χ3v) is 3.22. The van der Waals surface area contributed by atoms with E-state index in [2.05, 4.69) is 24.2 Å². The molecule has 0 amide bonds. The molecule has 2 aromatic rings. The fraction of sp³-hybridized carbons (Fsp3) is 0.500. The Balaban J connectivity index is 1.88. The van der Waals surface area contributed by atoms with Gasteiger partial charge in [-0.1, -0.05) is 37.3 Å². The molecule has 5 heteroatoms. The second-order valence-electron chi connectivity index (χ2n) is 5.53. The summed E-state index contributed by atoms with van der Waals surface area (Å²) < 4.78 is 7.70. The van der Waals surface area contributed by atoms with Gasteiger partial charge in [-0.25, -0.2) is 4.68 Å². The van der Waals surface area contributed by atoms with Crippen molar-refractivity contribution in [2.75, 3.05) is 6.61 Å². The van der Waals surface area contributed by atoms with Gasteiger partial charge in [-0.15, -0.1) is 5.10 Å². The van der Waals surface area contributed by atoms with E-state index in [-0.39, 0.29) is 0 Å². The van der Waals surface area contributed by atoms with Crippen LogP contribution in [0, 0.1) is 5.92 Å². The lowest BCUT2D eigenvalue weighted by Gasteiger charge is -2.10. The van der Waals surface area contributed by atoms with Gasteiger partial charge in [0.05, 0.1) is 18.0 Å². The number of benzene rings is 1. The molecule has 0 atom stereocenters. The van der Waals surface area contributed by atoms with E-state index >= 15 is 0 Å². The van der Waals surface area contributed by atoms with Gasteiger partial charge in [0.1, 0.15) is 5.75 Å². The normalized spacial score (nSPS) is 11.0. The predicted octanol–water partition coefficient (Wildman–Crippen LogP) is 2.40. The molecule has 21 heavy (non-hydrogen) atoms. The zero-order valence-corrected chi connectivity index (χ0v) is 12.8. The van der Waals surface area contributed by atoms with Crippen molar-refractivity contribution in [2.24, 2.45) is 11.7 Å².